The highest BCUT2D eigenvalue weighted by molar-refractivity contribution is 7.99. The summed E-state index contributed by atoms with van der Waals surface area (Å²) in [5.41, 5.74) is 1.41. The van der Waals surface area contributed by atoms with Crippen molar-refractivity contribution >= 4 is 23.4 Å². The molecule has 0 saturated carbocycles. The SMILES string of the molecule is CCOc1cccc(-c2nnc(SCC(=O)Nc3ccccc3OCC)n2N)c1. The van der Waals surface area contributed by atoms with E-state index in [1.54, 1.807) is 6.07 Å². The van der Waals surface area contributed by atoms with Crippen molar-refractivity contribution in [1.82, 2.24) is 14.9 Å². The quantitative estimate of drug-likeness (QED) is 0.410. The maximum absolute atomic E-state index is 12.3. The van der Waals surface area contributed by atoms with E-state index < -0.39 is 0 Å². The van der Waals surface area contributed by atoms with E-state index in [-0.39, 0.29) is 11.7 Å². The molecule has 0 aliphatic rings. The Labute approximate surface area is 173 Å². The number of rotatable bonds is 9. The molecule has 0 fully saturated rings. The van der Waals surface area contributed by atoms with Gasteiger partial charge in [0.25, 0.3) is 0 Å². The Kier molecular flexibility index (Phi) is 6.96. The van der Waals surface area contributed by atoms with Crippen LogP contribution in [0.1, 0.15) is 13.8 Å². The van der Waals surface area contributed by atoms with Gasteiger partial charge in [-0.25, -0.2) is 4.68 Å². The van der Waals surface area contributed by atoms with Crippen LogP contribution in [0.25, 0.3) is 11.4 Å². The van der Waals surface area contributed by atoms with Gasteiger partial charge >= 0.3 is 0 Å². The molecule has 0 spiro atoms. The summed E-state index contributed by atoms with van der Waals surface area (Å²) in [5.74, 6) is 7.94. The van der Waals surface area contributed by atoms with E-state index in [0.29, 0.717) is 35.6 Å². The van der Waals surface area contributed by atoms with E-state index >= 15 is 0 Å². The molecule has 0 unspecified atom stereocenters. The number of benzene rings is 2. The van der Waals surface area contributed by atoms with E-state index in [0.717, 1.165) is 11.3 Å². The van der Waals surface area contributed by atoms with Gasteiger partial charge in [-0.15, -0.1) is 10.2 Å². The Morgan fingerprint density at radius 2 is 1.90 bits per heavy atom. The Bertz CT molecular complexity index is 976. The molecule has 3 rings (SSSR count). The van der Waals surface area contributed by atoms with Gasteiger partial charge in [-0.05, 0) is 38.1 Å². The second-order valence-electron chi connectivity index (χ2n) is 5.90. The van der Waals surface area contributed by atoms with Crippen LogP contribution in [0.3, 0.4) is 0 Å². The summed E-state index contributed by atoms with van der Waals surface area (Å²) >= 11 is 1.20. The van der Waals surface area contributed by atoms with Crippen molar-refractivity contribution in [2.75, 3.05) is 30.1 Å². The van der Waals surface area contributed by atoms with E-state index in [1.165, 1.54) is 16.4 Å². The van der Waals surface area contributed by atoms with Crippen LogP contribution in [0.5, 0.6) is 11.5 Å². The summed E-state index contributed by atoms with van der Waals surface area (Å²) in [7, 11) is 0. The lowest BCUT2D eigenvalue weighted by Gasteiger charge is -2.11. The summed E-state index contributed by atoms with van der Waals surface area (Å²) < 4.78 is 12.4. The maximum Gasteiger partial charge on any atom is 0.234 e. The predicted octanol–water partition coefficient (Wildman–Crippen LogP) is 3.19. The molecule has 0 atom stereocenters. The standard InChI is InChI=1S/C20H23N5O3S/c1-3-27-15-9-7-8-14(12-15)19-23-24-20(25(19)21)29-13-18(26)22-16-10-5-6-11-17(16)28-4-2/h5-12H,3-4,13,21H2,1-2H3,(H,22,26). The lowest BCUT2D eigenvalue weighted by Crippen LogP contribution is -2.17. The third kappa shape index (κ3) is 5.20. The Balaban J connectivity index is 1.65. The van der Waals surface area contributed by atoms with Crippen LogP contribution in [0.15, 0.2) is 53.7 Å². The fourth-order valence-corrected chi connectivity index (χ4v) is 3.29. The topological polar surface area (TPSA) is 104 Å². The van der Waals surface area contributed by atoms with Gasteiger partial charge in [0, 0.05) is 5.56 Å². The average molecular weight is 414 g/mol. The number of thioether (sulfide) groups is 1. The Hall–Kier alpha value is -3.20. The molecule has 2 aromatic carbocycles. The average Bonchev–Trinajstić information content (AvgIpc) is 3.09. The molecule has 1 aromatic heterocycles. The van der Waals surface area contributed by atoms with E-state index in [1.807, 2.05) is 56.3 Å². The number of nitrogens with zero attached hydrogens (tertiary/aromatic N) is 3. The number of nitrogens with two attached hydrogens (primary N) is 1. The van der Waals surface area contributed by atoms with Crippen LogP contribution < -0.4 is 20.6 Å². The van der Waals surface area contributed by atoms with Crippen LogP contribution in [0.2, 0.25) is 0 Å². The first kappa shape index (κ1) is 20.5. The van der Waals surface area contributed by atoms with E-state index in [2.05, 4.69) is 15.5 Å². The number of nitrogen functional groups attached to an aromatic ring is 1. The van der Waals surface area contributed by atoms with Gasteiger partial charge in [0.15, 0.2) is 5.82 Å². The van der Waals surface area contributed by atoms with Crippen LogP contribution in [-0.4, -0.2) is 39.7 Å². The van der Waals surface area contributed by atoms with Gasteiger partial charge in [-0.2, -0.15) is 0 Å². The Morgan fingerprint density at radius 1 is 1.10 bits per heavy atom. The highest BCUT2D eigenvalue weighted by Gasteiger charge is 2.15. The summed E-state index contributed by atoms with van der Waals surface area (Å²) in [6.07, 6.45) is 0. The maximum atomic E-state index is 12.3. The van der Waals surface area contributed by atoms with Crippen molar-refractivity contribution in [3.63, 3.8) is 0 Å². The minimum Gasteiger partial charge on any atom is -0.494 e. The second-order valence-corrected chi connectivity index (χ2v) is 6.85. The molecule has 9 heteroatoms. The molecular weight excluding hydrogens is 390 g/mol. The zero-order valence-corrected chi connectivity index (χ0v) is 17.1. The second kappa shape index (κ2) is 9.83. The number of nitrogens with one attached hydrogen (secondary N) is 1. The number of ether oxygens (including phenoxy) is 2. The van der Waals surface area contributed by atoms with Gasteiger partial charge in [0.1, 0.15) is 11.5 Å². The van der Waals surface area contributed by atoms with Gasteiger partial charge in [-0.3, -0.25) is 4.79 Å². The number of amides is 1. The van der Waals surface area contributed by atoms with Crippen molar-refractivity contribution in [3.05, 3.63) is 48.5 Å². The molecular formula is C20H23N5O3S. The minimum atomic E-state index is -0.190. The monoisotopic (exact) mass is 413 g/mol. The molecule has 1 heterocycles. The van der Waals surface area contributed by atoms with Crippen molar-refractivity contribution in [2.45, 2.75) is 19.0 Å². The highest BCUT2D eigenvalue weighted by Crippen LogP contribution is 2.26. The molecule has 3 N–H and O–H groups in total. The number of para-hydroxylation sites is 2. The molecule has 0 saturated heterocycles. The normalized spacial score (nSPS) is 10.6. The molecule has 0 aliphatic heterocycles. The van der Waals surface area contributed by atoms with Gasteiger partial charge < -0.3 is 20.6 Å². The predicted molar refractivity (Wildman–Crippen MR) is 114 cm³/mol. The van der Waals surface area contributed by atoms with Crippen molar-refractivity contribution in [1.29, 1.82) is 0 Å². The van der Waals surface area contributed by atoms with Gasteiger partial charge in [0.05, 0.1) is 24.7 Å². The van der Waals surface area contributed by atoms with Crippen LogP contribution >= 0.6 is 11.8 Å². The smallest absolute Gasteiger partial charge is 0.234 e. The third-order valence-electron chi connectivity index (χ3n) is 3.86. The first-order valence-electron chi connectivity index (χ1n) is 9.20. The third-order valence-corrected chi connectivity index (χ3v) is 4.80. The summed E-state index contributed by atoms with van der Waals surface area (Å²) in [6.45, 7) is 4.90. The molecule has 29 heavy (non-hydrogen) atoms. The van der Waals surface area contributed by atoms with Gasteiger partial charge in [0.2, 0.25) is 11.1 Å². The largest absolute Gasteiger partial charge is 0.494 e. The molecule has 0 radical (unpaired) electrons. The summed E-state index contributed by atoms with van der Waals surface area (Å²) in [4.78, 5) is 12.3. The lowest BCUT2D eigenvalue weighted by molar-refractivity contribution is -0.113. The molecule has 152 valence electrons. The highest BCUT2D eigenvalue weighted by atomic mass is 32.2. The minimum absolute atomic E-state index is 0.134. The van der Waals surface area contributed by atoms with E-state index in [4.69, 9.17) is 15.3 Å². The summed E-state index contributed by atoms with van der Waals surface area (Å²) in [5, 5.41) is 11.5. The number of hydrogen-bond acceptors (Lipinski definition) is 7. The number of hydrogen-bond donors (Lipinski definition) is 2. The first-order valence-corrected chi connectivity index (χ1v) is 10.2. The molecule has 3 aromatic rings. The van der Waals surface area contributed by atoms with Crippen LogP contribution in [0, 0.1) is 0 Å². The number of anilines is 1. The van der Waals surface area contributed by atoms with Crippen molar-refractivity contribution < 1.29 is 14.3 Å². The molecule has 0 bridgehead atoms. The van der Waals surface area contributed by atoms with Crippen molar-refractivity contribution in [2.24, 2.45) is 0 Å². The Morgan fingerprint density at radius 3 is 2.69 bits per heavy atom. The van der Waals surface area contributed by atoms with Crippen LogP contribution in [0.4, 0.5) is 5.69 Å². The fourth-order valence-electron chi connectivity index (χ4n) is 2.63. The number of carbonyl (C=O) groups excluding carboxylic acids is 1. The lowest BCUT2D eigenvalue weighted by atomic mass is 10.2. The van der Waals surface area contributed by atoms with Crippen LogP contribution in [-0.2, 0) is 4.79 Å². The zero-order chi connectivity index (χ0) is 20.6. The first-order chi connectivity index (χ1) is 14.1. The van der Waals surface area contributed by atoms with Crippen molar-refractivity contribution in [3.8, 4) is 22.9 Å². The molecule has 0 aliphatic carbocycles. The number of aromatic nitrogens is 3. The fraction of sp³-hybridized carbons (Fsp3) is 0.250. The zero-order valence-electron chi connectivity index (χ0n) is 16.3. The van der Waals surface area contributed by atoms with E-state index in [9.17, 15) is 4.79 Å². The van der Waals surface area contributed by atoms with Gasteiger partial charge in [-0.1, -0.05) is 36.0 Å². The molecule has 8 nitrogen and oxygen atoms in total. The molecule has 1 amide bonds. The summed E-state index contributed by atoms with van der Waals surface area (Å²) in [6, 6.07) is 14.8. The number of carbonyl (C=O) groups is 1.